The first-order valence-corrected chi connectivity index (χ1v) is 23.2. The van der Waals surface area contributed by atoms with Crippen LogP contribution in [0.2, 0.25) is 0 Å². The number of hydrogen-bond acceptors (Lipinski definition) is 2. The third-order valence-electron chi connectivity index (χ3n) is 13.6. The number of aromatic nitrogens is 2. The number of aryl methyl sites for hydroxylation is 2. The lowest BCUT2D eigenvalue weighted by Crippen LogP contribution is -2.04. The van der Waals surface area contributed by atoms with Crippen molar-refractivity contribution in [2.75, 3.05) is 0 Å². The molecule has 0 atom stereocenters. The van der Waals surface area contributed by atoms with Gasteiger partial charge in [0.05, 0.1) is 27.8 Å². The number of ether oxygens (including phenoxy) is 1. The Bertz CT molecular complexity index is 3980. The lowest BCUT2D eigenvalue weighted by molar-refractivity contribution is 0.473. The highest BCUT2D eigenvalue weighted by atomic mass is 16.5. The number of para-hydroxylation sites is 3. The highest BCUT2D eigenvalue weighted by molar-refractivity contribution is 6.15. The van der Waals surface area contributed by atoms with Crippen LogP contribution in [-0.2, 0) is 0 Å². The minimum absolute atomic E-state index is 0.171. The summed E-state index contributed by atoms with van der Waals surface area (Å²) in [5.74, 6) is 8.62. The zero-order valence-electron chi connectivity index (χ0n) is 38.1. The monoisotopic (exact) mass is 874 g/mol. The van der Waals surface area contributed by atoms with Crippen molar-refractivity contribution in [1.82, 2.24) is 9.13 Å². The first-order valence-electron chi connectivity index (χ1n) is 23.2. The molecule has 0 saturated carbocycles. The summed E-state index contributed by atoms with van der Waals surface area (Å²) in [6.07, 6.45) is 13.0. The van der Waals surface area contributed by atoms with Crippen molar-refractivity contribution in [2.45, 2.75) is 27.2 Å². The van der Waals surface area contributed by atoms with Gasteiger partial charge in [0.25, 0.3) is 0 Å². The summed E-state index contributed by atoms with van der Waals surface area (Å²) in [6.45, 7) is 10.5. The Morgan fingerprint density at radius 3 is 2.18 bits per heavy atom. The molecular formula is C64H46N2O2. The quantitative estimate of drug-likeness (QED) is 0.122. The predicted molar refractivity (Wildman–Crippen MR) is 285 cm³/mol. The van der Waals surface area contributed by atoms with Crippen LogP contribution in [0.3, 0.4) is 0 Å². The van der Waals surface area contributed by atoms with E-state index in [-0.39, 0.29) is 5.75 Å². The van der Waals surface area contributed by atoms with Crippen LogP contribution >= 0.6 is 0 Å². The number of rotatable bonds is 8. The van der Waals surface area contributed by atoms with E-state index < -0.39 is 0 Å². The van der Waals surface area contributed by atoms with Gasteiger partial charge < -0.3 is 19.0 Å². The van der Waals surface area contributed by atoms with Crippen molar-refractivity contribution in [3.63, 3.8) is 0 Å². The summed E-state index contributed by atoms with van der Waals surface area (Å²) in [4.78, 5) is 0. The van der Waals surface area contributed by atoms with Crippen molar-refractivity contribution >= 4 is 60.5 Å². The molecule has 2 aliphatic rings. The largest absolute Gasteiger partial charge is 0.507 e. The number of phenolic OH excluding ortho intramolecular Hbond substituents is 1. The normalized spacial score (nSPS) is 13.3. The number of phenols is 1. The molecule has 1 aliphatic heterocycles. The van der Waals surface area contributed by atoms with E-state index in [0.29, 0.717) is 12.0 Å². The fourth-order valence-corrected chi connectivity index (χ4v) is 10.5. The SMILES string of the molecule is C=C/C=C(\C=C/C)n1c2ccc(C3=CCC#CC(c4c(O)cccc4-c4cc5c6c(c4)c4ccccc4n6-c4ccccc4O5)=C3)cc2c2cc(-c3ccc(C)c(-c4ccccc4C)c3)ccc21. The topological polar surface area (TPSA) is 39.3 Å². The van der Waals surface area contributed by atoms with E-state index in [4.69, 9.17) is 4.74 Å². The molecule has 0 bridgehead atoms. The Morgan fingerprint density at radius 2 is 1.34 bits per heavy atom. The summed E-state index contributed by atoms with van der Waals surface area (Å²) >= 11 is 0. The predicted octanol–water partition coefficient (Wildman–Crippen LogP) is 16.8. The molecule has 8 aromatic carbocycles. The number of aromatic hydroxyl groups is 1. The number of hydrogen-bond donors (Lipinski definition) is 1. The van der Waals surface area contributed by atoms with E-state index >= 15 is 0 Å². The molecule has 0 amide bonds. The van der Waals surface area contributed by atoms with Gasteiger partial charge in [-0.15, -0.1) is 0 Å². The molecule has 324 valence electrons. The van der Waals surface area contributed by atoms with Gasteiger partial charge in [-0.1, -0.05) is 128 Å². The van der Waals surface area contributed by atoms with Gasteiger partial charge in [0, 0.05) is 44.8 Å². The molecule has 1 N–H and O–H groups in total. The van der Waals surface area contributed by atoms with Crippen LogP contribution in [0, 0.1) is 25.7 Å². The van der Waals surface area contributed by atoms with Crippen LogP contribution in [0.5, 0.6) is 17.2 Å². The molecule has 0 unspecified atom stereocenters. The van der Waals surface area contributed by atoms with Crippen LogP contribution in [0.15, 0.2) is 201 Å². The third kappa shape index (κ3) is 6.55. The summed E-state index contributed by atoms with van der Waals surface area (Å²) in [7, 11) is 0. The molecule has 10 aromatic rings. The van der Waals surface area contributed by atoms with Gasteiger partial charge >= 0.3 is 0 Å². The van der Waals surface area contributed by atoms with E-state index in [0.717, 1.165) is 99.9 Å². The number of allylic oxidation sites excluding steroid dienone is 9. The van der Waals surface area contributed by atoms with Crippen LogP contribution < -0.4 is 4.74 Å². The highest BCUT2D eigenvalue weighted by Crippen LogP contribution is 2.49. The molecule has 68 heavy (non-hydrogen) atoms. The van der Waals surface area contributed by atoms with Gasteiger partial charge in [0.15, 0.2) is 11.5 Å². The third-order valence-corrected chi connectivity index (χ3v) is 13.6. The first-order chi connectivity index (χ1) is 33.4. The molecule has 12 rings (SSSR count). The van der Waals surface area contributed by atoms with Gasteiger partial charge in [-0.3, -0.25) is 0 Å². The second-order valence-corrected chi connectivity index (χ2v) is 17.7. The number of nitrogens with zero attached hydrogens (tertiary/aromatic N) is 2. The Kier molecular flexibility index (Phi) is 9.74. The summed E-state index contributed by atoms with van der Waals surface area (Å²) < 4.78 is 11.3. The minimum atomic E-state index is 0.171. The molecule has 3 heterocycles. The summed E-state index contributed by atoms with van der Waals surface area (Å²) in [5, 5.41) is 16.4. The van der Waals surface area contributed by atoms with E-state index in [2.05, 4.69) is 205 Å². The van der Waals surface area contributed by atoms with Crippen molar-refractivity contribution in [3.8, 4) is 68.2 Å². The fraction of sp³-hybridized carbons (Fsp3) is 0.0625. The lowest BCUT2D eigenvalue weighted by Gasteiger charge is -2.22. The molecule has 2 aromatic heterocycles. The van der Waals surface area contributed by atoms with E-state index in [9.17, 15) is 5.11 Å². The number of fused-ring (bicyclic) bond motifs is 8. The second-order valence-electron chi connectivity index (χ2n) is 17.7. The zero-order valence-corrected chi connectivity index (χ0v) is 38.1. The standard InChI is InChI=1S/C64H46N2O2/c1-5-16-48(17-6-2)65-57-32-30-44(36-53(57)54-37-45(31-33-58(54)65)43-29-28-41(4)52(35-43)49-21-10-7-18-40(49)3)42-19-8-9-20-46(34-42)63-50(23-15-26-60(63)67)47-38-55-51-22-11-12-24-56(51)66-59-25-13-14-27-61(59)68-62(39-47)64(55)66/h5-7,10-19,21-39,67H,1,8H2,2-4H3/b17-6-,48-16+. The zero-order chi connectivity index (χ0) is 46.0. The fourth-order valence-electron chi connectivity index (χ4n) is 10.5. The second kappa shape index (κ2) is 16.3. The highest BCUT2D eigenvalue weighted by Gasteiger charge is 2.26. The van der Waals surface area contributed by atoms with E-state index in [1.165, 1.54) is 27.8 Å². The molecule has 0 fully saturated rings. The van der Waals surface area contributed by atoms with E-state index in [1.807, 2.05) is 31.2 Å². The van der Waals surface area contributed by atoms with Gasteiger partial charge in [-0.2, -0.15) is 0 Å². The molecule has 0 saturated heterocycles. The Hall–Kier alpha value is -8.78. The molecule has 4 nitrogen and oxygen atoms in total. The van der Waals surface area contributed by atoms with Gasteiger partial charge in [-0.05, 0) is 161 Å². The summed E-state index contributed by atoms with van der Waals surface area (Å²) in [6, 6.07) is 55.8. The van der Waals surface area contributed by atoms with Crippen molar-refractivity contribution in [3.05, 3.63) is 223 Å². The maximum atomic E-state index is 11.9. The maximum absolute atomic E-state index is 11.9. The van der Waals surface area contributed by atoms with E-state index in [1.54, 1.807) is 6.07 Å². The maximum Gasteiger partial charge on any atom is 0.152 e. The molecule has 1 aliphatic carbocycles. The van der Waals surface area contributed by atoms with Gasteiger partial charge in [0.1, 0.15) is 5.75 Å². The Balaban J connectivity index is 1.01. The Labute approximate surface area is 396 Å². The minimum Gasteiger partial charge on any atom is -0.507 e. The number of benzene rings is 8. The van der Waals surface area contributed by atoms with Gasteiger partial charge in [-0.25, -0.2) is 0 Å². The van der Waals surface area contributed by atoms with Crippen molar-refractivity contribution < 1.29 is 9.84 Å². The lowest BCUT2D eigenvalue weighted by atomic mass is 9.91. The van der Waals surface area contributed by atoms with Crippen molar-refractivity contribution in [2.24, 2.45) is 0 Å². The first kappa shape index (κ1) is 40.7. The van der Waals surface area contributed by atoms with Crippen LogP contribution in [0.25, 0.3) is 99.5 Å². The van der Waals surface area contributed by atoms with Gasteiger partial charge in [0.2, 0.25) is 0 Å². The Morgan fingerprint density at radius 1 is 0.632 bits per heavy atom. The molecule has 0 radical (unpaired) electrons. The smallest absolute Gasteiger partial charge is 0.152 e. The summed E-state index contributed by atoms with van der Waals surface area (Å²) in [5.41, 5.74) is 19.1. The average molecular weight is 875 g/mol. The molecule has 0 spiro atoms. The molecular weight excluding hydrogens is 829 g/mol. The van der Waals surface area contributed by atoms with Crippen LogP contribution in [-0.4, -0.2) is 14.2 Å². The van der Waals surface area contributed by atoms with Crippen LogP contribution in [0.1, 0.15) is 35.6 Å². The van der Waals surface area contributed by atoms with Crippen LogP contribution in [0.4, 0.5) is 0 Å². The van der Waals surface area contributed by atoms with Crippen molar-refractivity contribution in [1.29, 1.82) is 0 Å². The molecule has 4 heteroatoms. The average Bonchev–Trinajstić information content (AvgIpc) is 3.75.